The Balaban J connectivity index is 2.71. The Morgan fingerprint density at radius 3 is 2.88 bits per heavy atom. The molecule has 94 valence electrons. The van der Waals surface area contributed by atoms with Crippen molar-refractivity contribution in [2.45, 2.75) is 19.4 Å². The molecule has 1 amide bonds. The molecule has 1 heterocycles. The van der Waals surface area contributed by atoms with Crippen molar-refractivity contribution in [2.75, 3.05) is 26.3 Å². The standard InChI is InChI=1S/C8H17N3O4S/c1-2-3-10-8(12)7-6-15-5-4-11(7)16(9,13)14/h7H,2-6H2,1H3,(H,10,12)(H2,9,13,14). The molecule has 0 aromatic rings. The van der Waals surface area contributed by atoms with Gasteiger partial charge in [0.1, 0.15) is 6.04 Å². The van der Waals surface area contributed by atoms with E-state index in [4.69, 9.17) is 9.88 Å². The average molecular weight is 251 g/mol. The molecule has 0 aromatic heterocycles. The first kappa shape index (κ1) is 13.4. The summed E-state index contributed by atoms with van der Waals surface area (Å²) >= 11 is 0. The van der Waals surface area contributed by atoms with E-state index >= 15 is 0 Å². The van der Waals surface area contributed by atoms with Gasteiger partial charge in [-0.1, -0.05) is 6.92 Å². The quantitative estimate of drug-likeness (QED) is 0.629. The van der Waals surface area contributed by atoms with Crippen LogP contribution in [0.2, 0.25) is 0 Å². The fourth-order valence-electron chi connectivity index (χ4n) is 1.47. The molecule has 0 aromatic carbocycles. The molecule has 1 fully saturated rings. The Bertz CT molecular complexity index is 343. The van der Waals surface area contributed by atoms with Crippen LogP contribution in [0.15, 0.2) is 0 Å². The van der Waals surface area contributed by atoms with Crippen LogP contribution in [0.1, 0.15) is 13.3 Å². The van der Waals surface area contributed by atoms with Gasteiger partial charge < -0.3 is 10.1 Å². The molecule has 16 heavy (non-hydrogen) atoms. The monoisotopic (exact) mass is 251 g/mol. The first-order valence-corrected chi connectivity index (χ1v) is 6.62. The molecule has 3 N–H and O–H groups in total. The summed E-state index contributed by atoms with van der Waals surface area (Å²) in [5.74, 6) is -0.365. The van der Waals surface area contributed by atoms with Crippen LogP contribution in [-0.2, 0) is 19.7 Å². The van der Waals surface area contributed by atoms with Gasteiger partial charge in [-0.3, -0.25) is 4.79 Å². The second kappa shape index (κ2) is 5.58. The lowest BCUT2D eigenvalue weighted by Gasteiger charge is -2.31. The van der Waals surface area contributed by atoms with Gasteiger partial charge in [-0.2, -0.15) is 12.7 Å². The van der Waals surface area contributed by atoms with Crippen molar-refractivity contribution < 1.29 is 17.9 Å². The number of nitrogens with two attached hydrogens (primary N) is 1. The predicted molar refractivity (Wildman–Crippen MR) is 57.7 cm³/mol. The lowest BCUT2D eigenvalue weighted by Crippen LogP contribution is -2.57. The van der Waals surface area contributed by atoms with E-state index in [1.165, 1.54) is 0 Å². The summed E-state index contributed by atoms with van der Waals surface area (Å²) in [5, 5.41) is 7.65. The molecule has 1 aliphatic heterocycles. The molecule has 8 heteroatoms. The number of ether oxygens (including phenoxy) is 1. The summed E-state index contributed by atoms with van der Waals surface area (Å²) in [6, 6.07) is -0.852. The Morgan fingerprint density at radius 2 is 2.31 bits per heavy atom. The van der Waals surface area contributed by atoms with Gasteiger partial charge in [0.2, 0.25) is 5.91 Å². The Morgan fingerprint density at radius 1 is 1.62 bits per heavy atom. The van der Waals surface area contributed by atoms with Gasteiger partial charge in [0.15, 0.2) is 0 Å². The van der Waals surface area contributed by atoms with Crippen LogP contribution in [0.5, 0.6) is 0 Å². The number of hydrogen-bond donors (Lipinski definition) is 2. The summed E-state index contributed by atoms with van der Waals surface area (Å²) in [6.07, 6.45) is 0.786. The van der Waals surface area contributed by atoms with E-state index < -0.39 is 16.3 Å². The van der Waals surface area contributed by atoms with E-state index in [1.807, 2.05) is 6.92 Å². The van der Waals surface area contributed by atoms with Gasteiger partial charge >= 0.3 is 0 Å². The van der Waals surface area contributed by atoms with Gasteiger partial charge in [-0.15, -0.1) is 0 Å². The molecule has 0 spiro atoms. The van der Waals surface area contributed by atoms with Crippen LogP contribution in [0, 0.1) is 0 Å². The average Bonchev–Trinajstić information content (AvgIpc) is 2.24. The van der Waals surface area contributed by atoms with Crippen molar-refractivity contribution in [2.24, 2.45) is 5.14 Å². The minimum absolute atomic E-state index is 0.0476. The second-order valence-electron chi connectivity index (χ2n) is 3.54. The number of nitrogens with zero attached hydrogens (tertiary/aromatic N) is 1. The third kappa shape index (κ3) is 3.41. The van der Waals surface area contributed by atoms with Crippen molar-refractivity contribution >= 4 is 16.1 Å². The normalized spacial score (nSPS) is 23.0. The van der Waals surface area contributed by atoms with Gasteiger partial charge in [-0.25, -0.2) is 5.14 Å². The molecule has 1 unspecified atom stereocenters. The highest BCUT2D eigenvalue weighted by atomic mass is 32.2. The Kier molecular flexibility index (Phi) is 4.66. The molecule has 1 rings (SSSR count). The maximum Gasteiger partial charge on any atom is 0.277 e. The summed E-state index contributed by atoms with van der Waals surface area (Å²) in [7, 11) is -3.85. The zero-order valence-electron chi connectivity index (χ0n) is 9.18. The molecule has 0 aliphatic carbocycles. The molecule has 1 atom stereocenters. The molecular formula is C8H17N3O4S. The van der Waals surface area contributed by atoms with Crippen molar-refractivity contribution in [1.82, 2.24) is 9.62 Å². The van der Waals surface area contributed by atoms with Crippen molar-refractivity contribution in [3.8, 4) is 0 Å². The van der Waals surface area contributed by atoms with Crippen LogP contribution in [0.3, 0.4) is 0 Å². The lowest BCUT2D eigenvalue weighted by molar-refractivity contribution is -0.129. The minimum Gasteiger partial charge on any atom is -0.378 e. The number of rotatable bonds is 4. The van der Waals surface area contributed by atoms with Crippen molar-refractivity contribution in [3.63, 3.8) is 0 Å². The highest BCUT2D eigenvalue weighted by Crippen LogP contribution is 2.09. The summed E-state index contributed by atoms with van der Waals surface area (Å²) in [4.78, 5) is 11.7. The largest absolute Gasteiger partial charge is 0.378 e. The third-order valence-electron chi connectivity index (χ3n) is 2.26. The Labute approximate surface area is 95.1 Å². The number of hydrogen-bond acceptors (Lipinski definition) is 4. The van der Waals surface area contributed by atoms with E-state index in [0.29, 0.717) is 6.54 Å². The number of amides is 1. The Hall–Kier alpha value is -0.700. The molecule has 0 saturated carbocycles. The van der Waals surface area contributed by atoms with Gasteiger partial charge in [0.25, 0.3) is 10.2 Å². The molecule has 0 radical (unpaired) electrons. The number of carbonyl (C=O) groups is 1. The van der Waals surface area contributed by atoms with Gasteiger partial charge in [-0.05, 0) is 6.42 Å². The molecule has 0 bridgehead atoms. The summed E-state index contributed by atoms with van der Waals surface area (Å²) < 4.78 is 28.5. The number of carbonyl (C=O) groups excluding carboxylic acids is 1. The van der Waals surface area contributed by atoms with Crippen molar-refractivity contribution in [1.29, 1.82) is 0 Å². The van der Waals surface area contributed by atoms with Crippen LogP contribution < -0.4 is 10.5 Å². The van der Waals surface area contributed by atoms with Crippen LogP contribution in [0.25, 0.3) is 0 Å². The molecule has 7 nitrogen and oxygen atoms in total. The third-order valence-corrected chi connectivity index (χ3v) is 3.35. The predicted octanol–water partition coefficient (Wildman–Crippen LogP) is -1.58. The smallest absolute Gasteiger partial charge is 0.277 e. The van der Waals surface area contributed by atoms with E-state index in [0.717, 1.165) is 10.7 Å². The fraction of sp³-hybridized carbons (Fsp3) is 0.875. The van der Waals surface area contributed by atoms with E-state index in [1.54, 1.807) is 0 Å². The molecule has 1 saturated heterocycles. The highest BCUT2D eigenvalue weighted by Gasteiger charge is 2.35. The van der Waals surface area contributed by atoms with Gasteiger partial charge in [0, 0.05) is 13.1 Å². The number of morpholine rings is 1. The first-order valence-electron chi connectivity index (χ1n) is 5.12. The summed E-state index contributed by atoms with van der Waals surface area (Å²) in [6.45, 7) is 2.84. The molecular weight excluding hydrogens is 234 g/mol. The fourth-order valence-corrected chi connectivity index (χ4v) is 2.31. The maximum atomic E-state index is 11.7. The highest BCUT2D eigenvalue weighted by molar-refractivity contribution is 7.86. The van der Waals surface area contributed by atoms with Crippen molar-refractivity contribution in [3.05, 3.63) is 0 Å². The minimum atomic E-state index is -3.85. The number of nitrogens with one attached hydrogen (secondary N) is 1. The first-order chi connectivity index (χ1) is 7.46. The van der Waals surface area contributed by atoms with Gasteiger partial charge in [0.05, 0.1) is 13.2 Å². The SMILES string of the molecule is CCCNC(=O)C1COCCN1S(N)(=O)=O. The van der Waals surface area contributed by atoms with E-state index in [9.17, 15) is 13.2 Å². The summed E-state index contributed by atoms with van der Waals surface area (Å²) in [5.41, 5.74) is 0. The zero-order chi connectivity index (χ0) is 12.2. The van der Waals surface area contributed by atoms with Crippen LogP contribution in [0.4, 0.5) is 0 Å². The van der Waals surface area contributed by atoms with E-state index in [2.05, 4.69) is 5.32 Å². The second-order valence-corrected chi connectivity index (χ2v) is 5.04. The topological polar surface area (TPSA) is 102 Å². The van der Waals surface area contributed by atoms with Crippen LogP contribution >= 0.6 is 0 Å². The van der Waals surface area contributed by atoms with Crippen LogP contribution in [-0.4, -0.2) is 51.0 Å². The molecule has 1 aliphatic rings. The van der Waals surface area contributed by atoms with E-state index in [-0.39, 0.29) is 25.7 Å². The zero-order valence-corrected chi connectivity index (χ0v) is 10.00. The lowest BCUT2D eigenvalue weighted by atomic mass is 10.2. The maximum absolute atomic E-state index is 11.7.